The molecule has 0 amide bonds. The third kappa shape index (κ3) is 9.27. The number of aromatic nitrogens is 1. The van der Waals surface area contributed by atoms with E-state index in [0.717, 1.165) is 59.0 Å². The summed E-state index contributed by atoms with van der Waals surface area (Å²) in [6.07, 6.45) is 2.50. The summed E-state index contributed by atoms with van der Waals surface area (Å²) < 4.78 is 43.9. The fourth-order valence-electron chi connectivity index (χ4n) is 7.96. The Hall–Kier alpha value is -2.74. The normalized spacial score (nSPS) is 14.1. The molecule has 0 saturated heterocycles. The summed E-state index contributed by atoms with van der Waals surface area (Å²) >= 11 is -2.95. The Bertz CT molecular complexity index is 1980. The van der Waals surface area contributed by atoms with Crippen LogP contribution in [0.3, 0.4) is 0 Å². The van der Waals surface area contributed by atoms with Crippen LogP contribution in [0.5, 0.6) is 0 Å². The Kier molecular flexibility index (Phi) is 14.9. The maximum absolute atomic E-state index is 13.8. The van der Waals surface area contributed by atoms with Gasteiger partial charge in [-0.2, -0.15) is 0 Å². The maximum Gasteiger partial charge on any atom is 0 e. The van der Waals surface area contributed by atoms with E-state index in [1.165, 1.54) is 45.2 Å². The SMILES string of the molecule is CCC(CC)C(=O)/C=C(\O)C(CC)CC.Cc1c(CC(C)(C)C(F)(F)F)ccc2[c]1[Ge]([CH3])([CH3])[c]1c-2ccnc1-c1[c-]c2ccccc2c(C(C)(C)C)c1.[Ir]. The number of rotatable bonds is 10. The van der Waals surface area contributed by atoms with Crippen molar-refractivity contribution in [3.63, 3.8) is 0 Å². The number of allylic oxidation sites excluding steroid dienone is 2. The fourth-order valence-corrected chi connectivity index (χ4v) is 16.2. The van der Waals surface area contributed by atoms with E-state index in [1.807, 2.05) is 52.9 Å². The molecule has 4 aromatic rings. The van der Waals surface area contributed by atoms with Crippen LogP contribution in [0.4, 0.5) is 13.2 Å². The van der Waals surface area contributed by atoms with E-state index in [-0.39, 0.29) is 55.3 Å². The Morgan fingerprint density at radius 3 is 2.00 bits per heavy atom. The van der Waals surface area contributed by atoms with Gasteiger partial charge in [-0.3, -0.25) is 4.79 Å². The molecule has 1 aliphatic heterocycles. The predicted octanol–water partition coefficient (Wildman–Crippen LogP) is 12.1. The molecule has 0 saturated carbocycles. The van der Waals surface area contributed by atoms with Crippen LogP contribution in [0.2, 0.25) is 11.5 Å². The van der Waals surface area contributed by atoms with Crippen molar-refractivity contribution in [2.24, 2.45) is 17.3 Å². The Morgan fingerprint density at radius 2 is 1.44 bits per heavy atom. The van der Waals surface area contributed by atoms with Gasteiger partial charge < -0.3 is 5.11 Å². The van der Waals surface area contributed by atoms with Crippen LogP contribution >= 0.6 is 0 Å². The zero-order valence-electron chi connectivity index (χ0n) is 34.2. The summed E-state index contributed by atoms with van der Waals surface area (Å²) in [6.45, 7) is 19.4. The number of nitrogens with zero attached hydrogens (tertiary/aromatic N) is 1. The molecule has 1 aromatic heterocycles. The zero-order chi connectivity index (χ0) is 39.7. The van der Waals surface area contributed by atoms with Gasteiger partial charge in [-0.1, -0.05) is 27.7 Å². The average Bonchev–Trinajstić information content (AvgIpc) is 3.32. The number of aliphatic hydroxyl groups excluding tert-OH is 1. The third-order valence-corrected chi connectivity index (χ3v) is 19.0. The molecular weight excluding hydrogens is 920 g/mol. The van der Waals surface area contributed by atoms with Gasteiger partial charge >= 0.3 is 227 Å². The van der Waals surface area contributed by atoms with E-state index in [1.54, 1.807) is 0 Å². The van der Waals surface area contributed by atoms with Gasteiger partial charge in [0.2, 0.25) is 0 Å². The Morgan fingerprint density at radius 1 is 0.870 bits per heavy atom. The van der Waals surface area contributed by atoms with E-state index >= 15 is 0 Å². The van der Waals surface area contributed by atoms with Crippen molar-refractivity contribution in [2.75, 3.05) is 0 Å². The summed E-state index contributed by atoms with van der Waals surface area (Å²) in [6, 6.07) is 20.3. The molecule has 295 valence electrons. The molecule has 0 bridgehead atoms. The molecule has 8 heteroatoms. The molecule has 1 N–H and O–H groups in total. The molecule has 1 aliphatic rings. The number of alkyl halides is 3. The molecule has 54 heavy (non-hydrogen) atoms. The third-order valence-electron chi connectivity index (χ3n) is 11.4. The van der Waals surface area contributed by atoms with E-state index in [0.29, 0.717) is 0 Å². The topological polar surface area (TPSA) is 50.2 Å². The second-order valence-corrected chi connectivity index (χ2v) is 25.8. The second kappa shape index (κ2) is 17.6. The molecule has 0 aliphatic carbocycles. The van der Waals surface area contributed by atoms with Crippen molar-refractivity contribution in [3.05, 3.63) is 89.3 Å². The van der Waals surface area contributed by atoms with Crippen LogP contribution < -0.4 is 8.79 Å². The number of benzene rings is 3. The van der Waals surface area contributed by atoms with E-state index in [2.05, 4.69) is 74.7 Å². The van der Waals surface area contributed by atoms with Gasteiger partial charge in [-0.15, -0.1) is 0 Å². The number of ketones is 1. The van der Waals surface area contributed by atoms with Crippen molar-refractivity contribution < 1.29 is 43.2 Å². The summed E-state index contributed by atoms with van der Waals surface area (Å²) in [5.41, 5.74) is 5.53. The van der Waals surface area contributed by atoms with Crippen LogP contribution in [-0.2, 0) is 36.7 Å². The maximum atomic E-state index is 13.8. The van der Waals surface area contributed by atoms with Crippen LogP contribution in [-0.4, -0.2) is 35.3 Å². The van der Waals surface area contributed by atoms with E-state index < -0.39 is 24.9 Å². The summed E-state index contributed by atoms with van der Waals surface area (Å²) in [4.78, 5) is 16.7. The molecule has 3 nitrogen and oxygen atoms in total. The number of hydrogen-bond acceptors (Lipinski definition) is 3. The first-order chi connectivity index (χ1) is 24.6. The summed E-state index contributed by atoms with van der Waals surface area (Å²) in [7, 11) is 0. The number of fused-ring (bicyclic) bond motifs is 4. The molecule has 3 aromatic carbocycles. The number of hydrogen-bond donors (Lipinski definition) is 1. The molecule has 0 fully saturated rings. The summed E-state index contributed by atoms with van der Waals surface area (Å²) in [5.74, 6) is 5.26. The Labute approximate surface area is 338 Å². The van der Waals surface area contributed by atoms with Gasteiger partial charge in [0.15, 0.2) is 5.78 Å². The van der Waals surface area contributed by atoms with Crippen LogP contribution in [0.25, 0.3) is 33.2 Å². The standard InChI is InChI=1S/C33H35F3GeN.C13H24O2.Ir/c1-20-22(19-32(5,6)33(34,35)36)13-14-25-26-15-16-38-30(29(26)37(7,8)28(20)25)23-17-21-11-9-10-12-24(21)27(18-23)31(2,3)4;1-5-10(6-2)12(14)9-13(15)11(7-3)8-4;/h9-16,18H,19H2,1-8H3;9-11,14H,5-8H2,1-4H3;/q-1;;/b;12-9-;. The first-order valence-electron chi connectivity index (χ1n) is 19.2. The molecule has 0 spiro atoms. The van der Waals surface area contributed by atoms with Gasteiger partial charge in [0, 0.05) is 38.0 Å². The van der Waals surface area contributed by atoms with Crippen molar-refractivity contribution in [2.45, 2.75) is 124 Å². The zero-order valence-corrected chi connectivity index (χ0v) is 38.7. The van der Waals surface area contributed by atoms with Gasteiger partial charge in [0.25, 0.3) is 0 Å². The number of aliphatic hydroxyl groups is 1. The summed E-state index contributed by atoms with van der Waals surface area (Å²) in [5, 5.41) is 12.0. The van der Waals surface area contributed by atoms with Crippen molar-refractivity contribution in [1.82, 2.24) is 4.98 Å². The molecule has 2 heterocycles. The van der Waals surface area contributed by atoms with E-state index in [4.69, 9.17) is 4.98 Å². The van der Waals surface area contributed by atoms with Crippen molar-refractivity contribution in [3.8, 4) is 22.4 Å². The molecule has 1 radical (unpaired) electrons. The Balaban J connectivity index is 0.000000418. The minimum absolute atomic E-state index is 0. The molecule has 0 atom stereocenters. The van der Waals surface area contributed by atoms with Crippen LogP contribution in [0, 0.1) is 30.2 Å². The average molecular weight is 980 g/mol. The molecule has 0 unspecified atom stereocenters. The largest absolute Gasteiger partial charge is 0 e. The predicted molar refractivity (Wildman–Crippen MR) is 219 cm³/mol. The molecular formula is C46H59F3GeIrNO2-. The van der Waals surface area contributed by atoms with E-state index in [9.17, 15) is 23.1 Å². The number of carbonyl (C=O) groups is 1. The van der Waals surface area contributed by atoms with Gasteiger partial charge in [-0.25, -0.2) is 0 Å². The number of halogens is 3. The smallest absolute Gasteiger partial charge is 0 e. The number of pyridine rings is 1. The first kappa shape index (κ1) is 45.7. The minimum atomic E-state index is -4.26. The number of carbonyl (C=O) groups excluding carboxylic acids is 1. The monoisotopic (exact) mass is 981 g/mol. The first-order valence-corrected chi connectivity index (χ1v) is 25.5. The van der Waals surface area contributed by atoms with Crippen molar-refractivity contribution in [1.29, 1.82) is 0 Å². The van der Waals surface area contributed by atoms with Gasteiger partial charge in [-0.05, 0) is 25.7 Å². The molecule has 5 rings (SSSR count). The van der Waals surface area contributed by atoms with Crippen molar-refractivity contribution >= 4 is 38.6 Å². The van der Waals surface area contributed by atoms with Crippen LogP contribution in [0.1, 0.15) is 105 Å². The fraction of sp³-hybridized carbons (Fsp3) is 0.478. The second-order valence-electron chi connectivity index (χ2n) is 16.9. The van der Waals surface area contributed by atoms with Gasteiger partial charge in [0.1, 0.15) is 0 Å². The van der Waals surface area contributed by atoms with Crippen LogP contribution in [0.15, 0.2) is 66.6 Å². The minimum Gasteiger partial charge on any atom is 0 e. The quantitative estimate of drug-likeness (QED) is 0.0746. The van der Waals surface area contributed by atoms with Gasteiger partial charge in [0.05, 0.1) is 5.76 Å².